The van der Waals surface area contributed by atoms with Crippen LogP contribution >= 0.6 is 0 Å². The molecular formula is C17H24O4. The molecule has 1 aliphatic rings. The summed E-state index contributed by atoms with van der Waals surface area (Å²) in [6.07, 6.45) is 5.15. The molecule has 116 valence electrons. The third-order valence-corrected chi connectivity index (χ3v) is 3.76. The van der Waals surface area contributed by atoms with Crippen LogP contribution < -0.4 is 9.47 Å². The fourth-order valence-corrected chi connectivity index (χ4v) is 2.57. The van der Waals surface area contributed by atoms with E-state index < -0.39 is 0 Å². The van der Waals surface area contributed by atoms with E-state index in [9.17, 15) is 4.79 Å². The number of esters is 1. The zero-order valence-electron chi connectivity index (χ0n) is 12.9. The van der Waals surface area contributed by atoms with Crippen molar-refractivity contribution >= 4 is 5.97 Å². The van der Waals surface area contributed by atoms with E-state index in [1.807, 2.05) is 18.2 Å². The molecule has 1 aromatic carbocycles. The quantitative estimate of drug-likeness (QED) is 0.719. The van der Waals surface area contributed by atoms with Crippen LogP contribution in [-0.4, -0.2) is 19.7 Å². The van der Waals surface area contributed by atoms with E-state index in [4.69, 9.17) is 14.2 Å². The Hall–Kier alpha value is -1.71. The van der Waals surface area contributed by atoms with E-state index in [1.165, 1.54) is 0 Å². The smallest absolute Gasteiger partial charge is 0.309 e. The lowest BCUT2D eigenvalue weighted by Crippen LogP contribution is -2.14. The standard InChI is InChI=1S/C17H24O4/c1-3-10-20-15-9-8-13(11-16(15)19-2)12-21-17(18)14-6-4-5-7-14/h8-9,11,14H,3-7,10,12H2,1-2H3. The van der Waals surface area contributed by atoms with Gasteiger partial charge in [-0.05, 0) is 37.0 Å². The lowest BCUT2D eigenvalue weighted by Gasteiger charge is -2.13. The lowest BCUT2D eigenvalue weighted by molar-refractivity contribution is -0.149. The maximum Gasteiger partial charge on any atom is 0.309 e. The van der Waals surface area contributed by atoms with E-state index >= 15 is 0 Å². The Labute approximate surface area is 126 Å². The van der Waals surface area contributed by atoms with Crippen LogP contribution in [0.3, 0.4) is 0 Å². The summed E-state index contributed by atoms with van der Waals surface area (Å²) in [6.45, 7) is 3.01. The Morgan fingerprint density at radius 1 is 1.24 bits per heavy atom. The topological polar surface area (TPSA) is 44.8 Å². The van der Waals surface area contributed by atoms with E-state index in [0.29, 0.717) is 19.0 Å². The van der Waals surface area contributed by atoms with Crippen molar-refractivity contribution in [2.24, 2.45) is 5.92 Å². The van der Waals surface area contributed by atoms with Gasteiger partial charge < -0.3 is 14.2 Å². The number of rotatable bonds is 7. The molecule has 0 unspecified atom stereocenters. The summed E-state index contributed by atoms with van der Waals surface area (Å²) in [5.74, 6) is 1.43. The predicted molar refractivity (Wildman–Crippen MR) is 80.5 cm³/mol. The Kier molecular flexibility index (Phi) is 5.90. The molecule has 4 heteroatoms. The monoisotopic (exact) mass is 292 g/mol. The van der Waals surface area contributed by atoms with Crippen molar-refractivity contribution in [3.63, 3.8) is 0 Å². The first-order valence-corrected chi connectivity index (χ1v) is 7.71. The van der Waals surface area contributed by atoms with Gasteiger partial charge in [-0.2, -0.15) is 0 Å². The van der Waals surface area contributed by atoms with Gasteiger partial charge in [0.25, 0.3) is 0 Å². The lowest BCUT2D eigenvalue weighted by atomic mass is 10.1. The van der Waals surface area contributed by atoms with Crippen molar-refractivity contribution in [1.29, 1.82) is 0 Å². The number of hydrogen-bond donors (Lipinski definition) is 0. The molecule has 0 bridgehead atoms. The van der Waals surface area contributed by atoms with Crippen molar-refractivity contribution in [2.45, 2.75) is 45.6 Å². The molecule has 0 atom stereocenters. The van der Waals surface area contributed by atoms with Crippen molar-refractivity contribution in [3.8, 4) is 11.5 Å². The Balaban J connectivity index is 1.92. The van der Waals surface area contributed by atoms with Crippen LogP contribution in [-0.2, 0) is 16.1 Å². The Bertz CT molecular complexity index is 464. The molecule has 0 amide bonds. The van der Waals surface area contributed by atoms with Gasteiger partial charge in [-0.1, -0.05) is 25.8 Å². The average molecular weight is 292 g/mol. The first-order valence-electron chi connectivity index (χ1n) is 7.71. The molecule has 2 rings (SSSR count). The minimum absolute atomic E-state index is 0.0715. The van der Waals surface area contributed by atoms with Crippen LogP contribution in [0.15, 0.2) is 18.2 Å². The molecule has 0 N–H and O–H groups in total. The van der Waals surface area contributed by atoms with Gasteiger partial charge in [0.2, 0.25) is 0 Å². The number of methoxy groups -OCH3 is 1. The maximum atomic E-state index is 11.9. The zero-order chi connectivity index (χ0) is 15.1. The molecule has 0 radical (unpaired) electrons. The summed E-state index contributed by atoms with van der Waals surface area (Å²) in [7, 11) is 1.61. The summed E-state index contributed by atoms with van der Waals surface area (Å²) in [5.41, 5.74) is 0.919. The van der Waals surface area contributed by atoms with Crippen LogP contribution in [0, 0.1) is 5.92 Å². The van der Waals surface area contributed by atoms with Gasteiger partial charge in [0.15, 0.2) is 11.5 Å². The van der Waals surface area contributed by atoms with Gasteiger partial charge in [-0.3, -0.25) is 4.79 Å². The Morgan fingerprint density at radius 2 is 2.00 bits per heavy atom. The van der Waals surface area contributed by atoms with E-state index in [1.54, 1.807) is 7.11 Å². The second-order valence-electron chi connectivity index (χ2n) is 5.42. The minimum Gasteiger partial charge on any atom is -0.493 e. The summed E-state index contributed by atoms with van der Waals surface area (Å²) < 4.78 is 16.3. The molecule has 0 saturated heterocycles. The van der Waals surface area contributed by atoms with Crippen LogP contribution in [0.2, 0.25) is 0 Å². The minimum atomic E-state index is -0.0715. The van der Waals surface area contributed by atoms with Crippen molar-refractivity contribution < 1.29 is 19.0 Å². The molecule has 4 nitrogen and oxygen atoms in total. The van der Waals surface area contributed by atoms with E-state index in [-0.39, 0.29) is 11.9 Å². The number of carbonyl (C=O) groups excluding carboxylic acids is 1. The first kappa shape index (κ1) is 15.7. The maximum absolute atomic E-state index is 11.9. The first-order chi connectivity index (χ1) is 10.2. The molecule has 0 aliphatic heterocycles. The molecule has 0 aromatic heterocycles. The molecular weight excluding hydrogens is 268 g/mol. The summed E-state index contributed by atoms with van der Waals surface area (Å²) in [6, 6.07) is 5.65. The van der Waals surface area contributed by atoms with E-state index in [0.717, 1.165) is 43.4 Å². The molecule has 1 saturated carbocycles. The third kappa shape index (κ3) is 4.38. The molecule has 0 spiro atoms. The van der Waals surface area contributed by atoms with E-state index in [2.05, 4.69) is 6.92 Å². The highest BCUT2D eigenvalue weighted by Crippen LogP contribution is 2.29. The highest BCUT2D eigenvalue weighted by molar-refractivity contribution is 5.72. The number of carbonyl (C=O) groups is 1. The summed E-state index contributed by atoms with van der Waals surface area (Å²) in [5, 5.41) is 0. The van der Waals surface area contributed by atoms with Gasteiger partial charge in [-0.25, -0.2) is 0 Å². The van der Waals surface area contributed by atoms with Crippen molar-refractivity contribution in [2.75, 3.05) is 13.7 Å². The number of hydrogen-bond acceptors (Lipinski definition) is 4. The van der Waals surface area contributed by atoms with Gasteiger partial charge in [0, 0.05) is 0 Å². The highest BCUT2D eigenvalue weighted by atomic mass is 16.5. The highest BCUT2D eigenvalue weighted by Gasteiger charge is 2.24. The van der Waals surface area contributed by atoms with Crippen molar-refractivity contribution in [3.05, 3.63) is 23.8 Å². The molecule has 1 aromatic rings. The zero-order valence-corrected chi connectivity index (χ0v) is 12.9. The second kappa shape index (κ2) is 7.91. The second-order valence-corrected chi connectivity index (χ2v) is 5.42. The largest absolute Gasteiger partial charge is 0.493 e. The molecule has 21 heavy (non-hydrogen) atoms. The fraction of sp³-hybridized carbons (Fsp3) is 0.588. The van der Waals surface area contributed by atoms with Gasteiger partial charge in [-0.15, -0.1) is 0 Å². The fourth-order valence-electron chi connectivity index (χ4n) is 2.57. The summed E-state index contributed by atoms with van der Waals surface area (Å²) >= 11 is 0. The van der Waals surface area contributed by atoms with Crippen LogP contribution in [0.1, 0.15) is 44.6 Å². The molecule has 1 aliphatic carbocycles. The number of ether oxygens (including phenoxy) is 3. The normalized spacial score (nSPS) is 15.0. The Morgan fingerprint density at radius 3 is 2.67 bits per heavy atom. The van der Waals surface area contributed by atoms with Gasteiger partial charge >= 0.3 is 5.97 Å². The van der Waals surface area contributed by atoms with Gasteiger partial charge in [0.05, 0.1) is 19.6 Å². The molecule has 0 heterocycles. The van der Waals surface area contributed by atoms with Crippen LogP contribution in [0.25, 0.3) is 0 Å². The molecule has 1 fully saturated rings. The average Bonchev–Trinajstić information content (AvgIpc) is 3.05. The van der Waals surface area contributed by atoms with Crippen LogP contribution in [0.4, 0.5) is 0 Å². The van der Waals surface area contributed by atoms with Gasteiger partial charge in [0.1, 0.15) is 6.61 Å². The van der Waals surface area contributed by atoms with Crippen LogP contribution in [0.5, 0.6) is 11.5 Å². The summed E-state index contributed by atoms with van der Waals surface area (Å²) in [4.78, 5) is 11.9. The van der Waals surface area contributed by atoms with Crippen molar-refractivity contribution in [1.82, 2.24) is 0 Å². The SMILES string of the molecule is CCCOc1ccc(COC(=O)C2CCCC2)cc1OC. The predicted octanol–water partition coefficient (Wildman–Crippen LogP) is 3.72. The third-order valence-electron chi connectivity index (χ3n) is 3.76. The number of benzene rings is 1.